The summed E-state index contributed by atoms with van der Waals surface area (Å²) in [5.41, 5.74) is 1.04. The molecule has 0 heterocycles. The van der Waals surface area contributed by atoms with Gasteiger partial charge in [0.05, 0.1) is 0 Å². The molecule has 0 fully saturated rings. The number of ketones is 1. The van der Waals surface area contributed by atoms with Crippen LogP contribution in [0.2, 0.25) is 0 Å². The SMILES string of the molecule is C=C(/C=C\C(Br)=C/C)C(=O)/C(=C/C)C/C=C\C=O. The van der Waals surface area contributed by atoms with Gasteiger partial charge in [0.25, 0.3) is 0 Å². The van der Waals surface area contributed by atoms with Crippen LogP contribution in [0.25, 0.3) is 0 Å². The molecule has 0 aromatic heterocycles. The van der Waals surface area contributed by atoms with Crippen LogP contribution in [-0.4, -0.2) is 12.1 Å². The molecule has 0 aliphatic rings. The van der Waals surface area contributed by atoms with Crippen LogP contribution >= 0.6 is 15.9 Å². The molecule has 0 aliphatic heterocycles. The van der Waals surface area contributed by atoms with E-state index >= 15 is 0 Å². The summed E-state index contributed by atoms with van der Waals surface area (Å²) in [6.45, 7) is 7.42. The molecule has 0 bridgehead atoms. The van der Waals surface area contributed by atoms with Crippen molar-refractivity contribution in [3.8, 4) is 0 Å². The summed E-state index contributed by atoms with van der Waals surface area (Å²) in [5, 5.41) is 0. The van der Waals surface area contributed by atoms with Crippen LogP contribution < -0.4 is 0 Å². The maximum Gasteiger partial charge on any atom is 0.188 e. The highest BCUT2D eigenvalue weighted by Gasteiger charge is 2.08. The Morgan fingerprint density at radius 2 is 1.89 bits per heavy atom. The molecule has 96 valence electrons. The fraction of sp³-hybridized carbons (Fsp3) is 0.200. The van der Waals surface area contributed by atoms with E-state index in [1.165, 1.54) is 6.08 Å². The minimum atomic E-state index is -0.110. The van der Waals surface area contributed by atoms with Crippen molar-refractivity contribution in [3.63, 3.8) is 0 Å². The van der Waals surface area contributed by atoms with Crippen molar-refractivity contribution in [2.24, 2.45) is 0 Å². The highest BCUT2D eigenvalue weighted by atomic mass is 79.9. The number of aldehydes is 1. The van der Waals surface area contributed by atoms with Crippen molar-refractivity contribution in [1.29, 1.82) is 0 Å². The van der Waals surface area contributed by atoms with Crippen LogP contribution in [0.5, 0.6) is 0 Å². The number of carbonyl (C=O) groups excluding carboxylic acids is 2. The quantitative estimate of drug-likeness (QED) is 0.404. The Morgan fingerprint density at radius 1 is 1.22 bits per heavy atom. The van der Waals surface area contributed by atoms with Crippen LogP contribution in [-0.2, 0) is 9.59 Å². The van der Waals surface area contributed by atoms with Crippen LogP contribution in [0, 0.1) is 0 Å². The third-order valence-electron chi connectivity index (χ3n) is 2.20. The van der Waals surface area contributed by atoms with E-state index in [1.54, 1.807) is 31.2 Å². The summed E-state index contributed by atoms with van der Waals surface area (Å²) in [7, 11) is 0. The van der Waals surface area contributed by atoms with Gasteiger partial charge in [-0.3, -0.25) is 9.59 Å². The van der Waals surface area contributed by atoms with E-state index in [9.17, 15) is 9.59 Å². The van der Waals surface area contributed by atoms with E-state index in [0.29, 0.717) is 23.9 Å². The Bertz CT molecular complexity index is 437. The van der Waals surface area contributed by atoms with Gasteiger partial charge in [0.2, 0.25) is 0 Å². The van der Waals surface area contributed by atoms with E-state index in [0.717, 1.165) is 4.48 Å². The summed E-state index contributed by atoms with van der Waals surface area (Å²) < 4.78 is 0.888. The largest absolute Gasteiger partial charge is 0.299 e. The van der Waals surface area contributed by atoms with E-state index in [1.807, 2.05) is 13.0 Å². The lowest BCUT2D eigenvalue weighted by molar-refractivity contribution is -0.112. The van der Waals surface area contributed by atoms with Gasteiger partial charge in [-0.25, -0.2) is 0 Å². The van der Waals surface area contributed by atoms with Gasteiger partial charge in [-0.1, -0.05) is 46.8 Å². The first-order valence-corrected chi connectivity index (χ1v) is 6.35. The zero-order valence-corrected chi connectivity index (χ0v) is 12.2. The summed E-state index contributed by atoms with van der Waals surface area (Å²) in [6.07, 6.45) is 11.2. The van der Waals surface area contributed by atoms with Gasteiger partial charge >= 0.3 is 0 Å². The number of rotatable bonds is 7. The van der Waals surface area contributed by atoms with E-state index < -0.39 is 0 Å². The lowest BCUT2D eigenvalue weighted by Crippen LogP contribution is -2.03. The first-order valence-electron chi connectivity index (χ1n) is 5.55. The van der Waals surface area contributed by atoms with Gasteiger partial charge in [0.15, 0.2) is 5.78 Å². The van der Waals surface area contributed by atoms with Gasteiger partial charge in [-0.2, -0.15) is 0 Å². The first kappa shape index (κ1) is 16.5. The zero-order valence-electron chi connectivity index (χ0n) is 10.7. The molecule has 2 nitrogen and oxygen atoms in total. The van der Waals surface area contributed by atoms with E-state index in [4.69, 9.17) is 0 Å². The Labute approximate surface area is 117 Å². The topological polar surface area (TPSA) is 34.1 Å². The molecule has 0 aliphatic carbocycles. The van der Waals surface area contributed by atoms with Gasteiger partial charge in [-0.15, -0.1) is 0 Å². The highest BCUT2D eigenvalue weighted by molar-refractivity contribution is 9.11. The third kappa shape index (κ3) is 6.30. The molecule has 3 heteroatoms. The molecule has 0 radical (unpaired) electrons. The minimum Gasteiger partial charge on any atom is -0.299 e. The normalized spacial score (nSPS) is 13.3. The second kappa shape index (κ2) is 9.54. The molecule has 0 unspecified atom stereocenters. The lowest BCUT2D eigenvalue weighted by Gasteiger charge is -2.02. The van der Waals surface area contributed by atoms with Crippen LogP contribution in [0.1, 0.15) is 20.3 Å². The molecule has 0 aromatic rings. The van der Waals surface area contributed by atoms with Gasteiger partial charge in [0, 0.05) is 10.1 Å². The number of carbonyl (C=O) groups is 2. The number of allylic oxidation sites excluding steroid dienone is 9. The van der Waals surface area contributed by atoms with Gasteiger partial charge < -0.3 is 0 Å². The minimum absolute atomic E-state index is 0.110. The van der Waals surface area contributed by atoms with Gasteiger partial charge in [0.1, 0.15) is 6.29 Å². The fourth-order valence-electron chi connectivity index (χ4n) is 1.15. The summed E-state index contributed by atoms with van der Waals surface area (Å²) >= 11 is 3.32. The molecular formula is C15H17BrO2. The first-order chi connectivity index (χ1) is 8.56. The molecule has 0 atom stereocenters. The van der Waals surface area contributed by atoms with Crippen LogP contribution in [0.3, 0.4) is 0 Å². The predicted octanol–water partition coefficient (Wildman–Crippen LogP) is 4.06. The Hall–Kier alpha value is -1.48. The Morgan fingerprint density at radius 3 is 2.39 bits per heavy atom. The number of halogens is 1. The predicted molar refractivity (Wildman–Crippen MR) is 79.5 cm³/mol. The molecule has 0 N–H and O–H groups in total. The fourth-order valence-corrected chi connectivity index (χ4v) is 1.28. The van der Waals surface area contributed by atoms with Crippen LogP contribution in [0.4, 0.5) is 0 Å². The summed E-state index contributed by atoms with van der Waals surface area (Å²) in [6, 6.07) is 0. The highest BCUT2D eigenvalue weighted by Crippen LogP contribution is 2.13. The third-order valence-corrected chi connectivity index (χ3v) is 2.93. The number of hydrogen-bond acceptors (Lipinski definition) is 2. The maximum atomic E-state index is 12.0. The van der Waals surface area contributed by atoms with E-state index in [-0.39, 0.29) is 5.78 Å². The number of Topliss-reactive ketones (excluding diaryl/α,β-unsaturated/α-hetero) is 1. The maximum absolute atomic E-state index is 12.0. The van der Waals surface area contributed by atoms with Crippen molar-refractivity contribution in [1.82, 2.24) is 0 Å². The summed E-state index contributed by atoms with van der Waals surface area (Å²) in [4.78, 5) is 22.2. The Balaban J connectivity index is 4.71. The molecule has 0 rings (SSSR count). The smallest absolute Gasteiger partial charge is 0.188 e. The number of hydrogen-bond donors (Lipinski definition) is 0. The van der Waals surface area contributed by atoms with Crippen molar-refractivity contribution in [2.75, 3.05) is 0 Å². The lowest BCUT2D eigenvalue weighted by atomic mass is 10.0. The molecule has 0 amide bonds. The molecule has 0 saturated heterocycles. The van der Waals surface area contributed by atoms with Crippen molar-refractivity contribution < 1.29 is 9.59 Å². The van der Waals surface area contributed by atoms with Gasteiger partial charge in [-0.05, 0) is 38.0 Å². The molecule has 0 aromatic carbocycles. The summed E-state index contributed by atoms with van der Waals surface area (Å²) in [5.74, 6) is -0.110. The molecular weight excluding hydrogens is 292 g/mol. The Kier molecular flexibility index (Phi) is 8.76. The van der Waals surface area contributed by atoms with E-state index in [2.05, 4.69) is 22.5 Å². The van der Waals surface area contributed by atoms with Crippen molar-refractivity contribution >= 4 is 28.0 Å². The molecule has 0 saturated carbocycles. The van der Waals surface area contributed by atoms with Crippen molar-refractivity contribution in [3.05, 3.63) is 58.7 Å². The van der Waals surface area contributed by atoms with Crippen molar-refractivity contribution in [2.45, 2.75) is 20.3 Å². The average molecular weight is 309 g/mol. The molecule has 18 heavy (non-hydrogen) atoms. The monoisotopic (exact) mass is 308 g/mol. The molecule has 0 spiro atoms. The average Bonchev–Trinajstić information content (AvgIpc) is 2.39. The second-order valence-corrected chi connectivity index (χ2v) is 4.36. The van der Waals surface area contributed by atoms with Crippen LogP contribution in [0.15, 0.2) is 58.7 Å². The zero-order chi connectivity index (χ0) is 14.0. The second-order valence-electron chi connectivity index (χ2n) is 3.44. The standard InChI is InChI=1S/C15H17BrO2/c1-4-13(8-6-7-11-17)15(18)12(3)9-10-14(16)5-2/h4-7,9-11H,3,8H2,1-2H3/b7-6-,10-9-,13-4+,14-5+.